The number of carboxylic acid groups (broad SMARTS) is 1. The minimum atomic E-state index is -0.841. The van der Waals surface area contributed by atoms with Crippen LogP contribution in [0.15, 0.2) is 24.3 Å². The molecule has 0 aliphatic rings. The average Bonchev–Trinajstić information content (AvgIpc) is 2.33. The first-order chi connectivity index (χ1) is 8.90. The van der Waals surface area contributed by atoms with Crippen LogP contribution in [0.5, 0.6) is 0 Å². The molecule has 0 saturated carbocycles. The quantitative estimate of drug-likeness (QED) is 0.820. The Labute approximate surface area is 113 Å². The van der Waals surface area contributed by atoms with Crippen LogP contribution in [0.3, 0.4) is 0 Å². The molecule has 0 radical (unpaired) electrons. The summed E-state index contributed by atoms with van der Waals surface area (Å²) in [4.78, 5) is 14.9. The van der Waals surface area contributed by atoms with Gasteiger partial charge in [0, 0.05) is 25.3 Å². The minimum Gasteiger partial charge on any atom is -0.481 e. The molecule has 1 unspecified atom stereocenters. The van der Waals surface area contributed by atoms with E-state index in [0.717, 1.165) is 12.2 Å². The maximum absolute atomic E-state index is 13.3. The number of benzene rings is 1. The highest BCUT2D eigenvalue weighted by atomic mass is 19.1. The molecule has 1 rings (SSSR count). The molecule has 0 saturated heterocycles. The zero-order chi connectivity index (χ0) is 14.4. The maximum atomic E-state index is 13.3. The second-order valence-electron chi connectivity index (χ2n) is 4.97. The van der Waals surface area contributed by atoms with E-state index in [0.29, 0.717) is 13.1 Å². The predicted octanol–water partition coefficient (Wildman–Crippen LogP) is 1.91. The van der Waals surface area contributed by atoms with Crippen LogP contribution in [-0.4, -0.2) is 49.7 Å². The Morgan fingerprint density at radius 1 is 1.37 bits per heavy atom. The fraction of sp³-hybridized carbons (Fsp3) is 0.500. The molecule has 1 N–H and O–H groups in total. The zero-order valence-corrected chi connectivity index (χ0v) is 11.6. The molecule has 106 valence electrons. The van der Waals surface area contributed by atoms with Crippen LogP contribution >= 0.6 is 0 Å². The number of anilines is 1. The Hall–Kier alpha value is -1.62. The van der Waals surface area contributed by atoms with Crippen LogP contribution < -0.4 is 4.90 Å². The molecular weight excluding hydrogens is 247 g/mol. The topological polar surface area (TPSA) is 43.8 Å². The van der Waals surface area contributed by atoms with Gasteiger partial charge >= 0.3 is 5.97 Å². The van der Waals surface area contributed by atoms with Crippen molar-refractivity contribution in [2.24, 2.45) is 5.92 Å². The zero-order valence-electron chi connectivity index (χ0n) is 11.6. The Morgan fingerprint density at radius 3 is 2.58 bits per heavy atom. The molecule has 0 fully saturated rings. The van der Waals surface area contributed by atoms with E-state index in [4.69, 9.17) is 5.11 Å². The van der Waals surface area contributed by atoms with E-state index in [2.05, 4.69) is 0 Å². The van der Waals surface area contributed by atoms with Gasteiger partial charge in [0.25, 0.3) is 0 Å². The molecule has 1 aromatic rings. The summed E-state index contributed by atoms with van der Waals surface area (Å²) < 4.78 is 13.3. The fourth-order valence-electron chi connectivity index (χ4n) is 1.73. The lowest BCUT2D eigenvalue weighted by molar-refractivity contribution is -0.140. The number of nitrogens with zero attached hydrogens (tertiary/aromatic N) is 2. The van der Waals surface area contributed by atoms with Crippen molar-refractivity contribution in [1.29, 1.82) is 0 Å². The van der Waals surface area contributed by atoms with Crippen LogP contribution in [-0.2, 0) is 4.79 Å². The van der Waals surface area contributed by atoms with Gasteiger partial charge in [-0.2, -0.15) is 0 Å². The lowest BCUT2D eigenvalue weighted by Gasteiger charge is -2.28. The summed E-state index contributed by atoms with van der Waals surface area (Å²) in [5.41, 5.74) is 0.718. The Bertz CT molecular complexity index is 424. The van der Waals surface area contributed by atoms with Crippen LogP contribution in [0.25, 0.3) is 0 Å². The van der Waals surface area contributed by atoms with Crippen LogP contribution in [0.4, 0.5) is 10.1 Å². The molecule has 0 spiro atoms. The molecule has 0 bridgehead atoms. The summed E-state index contributed by atoms with van der Waals surface area (Å²) in [5, 5.41) is 9.00. The van der Waals surface area contributed by atoms with E-state index in [9.17, 15) is 9.18 Å². The van der Waals surface area contributed by atoms with Gasteiger partial charge < -0.3 is 14.9 Å². The fourth-order valence-corrected chi connectivity index (χ4v) is 1.73. The number of aliphatic carboxylic acids is 1. The molecule has 0 heterocycles. The van der Waals surface area contributed by atoms with Gasteiger partial charge in [-0.3, -0.25) is 4.79 Å². The van der Waals surface area contributed by atoms with E-state index in [1.165, 1.54) is 12.1 Å². The molecule has 4 nitrogen and oxygen atoms in total. The second kappa shape index (κ2) is 7.09. The smallest absolute Gasteiger partial charge is 0.308 e. The van der Waals surface area contributed by atoms with Crippen LogP contribution in [0.1, 0.15) is 6.92 Å². The minimum absolute atomic E-state index is 0.310. The van der Waals surface area contributed by atoms with Crippen molar-refractivity contribution in [3.63, 3.8) is 0 Å². The third kappa shape index (κ3) is 5.26. The maximum Gasteiger partial charge on any atom is 0.308 e. The van der Waals surface area contributed by atoms with Crippen molar-refractivity contribution in [3.8, 4) is 0 Å². The highest BCUT2D eigenvalue weighted by Gasteiger charge is 2.17. The SMILES string of the molecule is CC(CN(CCN(C)C)c1cccc(F)c1)C(=O)O. The van der Waals surface area contributed by atoms with Crippen molar-refractivity contribution >= 4 is 11.7 Å². The normalized spacial score (nSPS) is 12.5. The van der Waals surface area contributed by atoms with Gasteiger partial charge in [-0.15, -0.1) is 0 Å². The van der Waals surface area contributed by atoms with Gasteiger partial charge in [0.1, 0.15) is 5.82 Å². The lowest BCUT2D eigenvalue weighted by Crippen LogP contribution is -2.36. The summed E-state index contributed by atoms with van der Waals surface area (Å²) in [6.07, 6.45) is 0. The summed E-state index contributed by atoms with van der Waals surface area (Å²) in [6.45, 7) is 3.47. The highest BCUT2D eigenvalue weighted by molar-refractivity contribution is 5.70. The van der Waals surface area contributed by atoms with E-state index in [-0.39, 0.29) is 5.82 Å². The van der Waals surface area contributed by atoms with Crippen molar-refractivity contribution < 1.29 is 14.3 Å². The number of hydrogen-bond acceptors (Lipinski definition) is 3. The molecule has 0 aromatic heterocycles. The number of rotatable bonds is 7. The number of carboxylic acids is 1. The van der Waals surface area contributed by atoms with Gasteiger partial charge in [-0.05, 0) is 32.3 Å². The molecule has 1 atom stereocenters. The summed E-state index contributed by atoms with van der Waals surface area (Å²) in [5.74, 6) is -1.65. The van der Waals surface area contributed by atoms with Gasteiger partial charge in [-0.25, -0.2) is 4.39 Å². The van der Waals surface area contributed by atoms with E-state index < -0.39 is 11.9 Å². The first-order valence-corrected chi connectivity index (χ1v) is 6.28. The second-order valence-corrected chi connectivity index (χ2v) is 4.97. The monoisotopic (exact) mass is 268 g/mol. The van der Waals surface area contributed by atoms with Gasteiger partial charge in [0.2, 0.25) is 0 Å². The average molecular weight is 268 g/mol. The molecule has 0 aliphatic carbocycles. The third-order valence-electron chi connectivity index (χ3n) is 2.91. The van der Waals surface area contributed by atoms with Crippen LogP contribution in [0.2, 0.25) is 0 Å². The Morgan fingerprint density at radius 2 is 2.05 bits per heavy atom. The van der Waals surface area contributed by atoms with Gasteiger partial charge in [-0.1, -0.05) is 13.0 Å². The molecule has 19 heavy (non-hydrogen) atoms. The molecule has 5 heteroatoms. The standard InChI is InChI=1S/C14H21FN2O2/c1-11(14(18)19)10-17(8-7-16(2)3)13-6-4-5-12(15)9-13/h4-6,9,11H,7-8,10H2,1-3H3,(H,18,19). The van der Waals surface area contributed by atoms with Crippen LogP contribution in [0, 0.1) is 11.7 Å². The molecule has 0 aliphatic heterocycles. The summed E-state index contributed by atoms with van der Waals surface area (Å²) in [6, 6.07) is 6.25. The van der Waals surface area contributed by atoms with Gasteiger partial charge in [0.15, 0.2) is 0 Å². The molecular formula is C14H21FN2O2. The number of hydrogen-bond donors (Lipinski definition) is 1. The highest BCUT2D eigenvalue weighted by Crippen LogP contribution is 2.17. The first-order valence-electron chi connectivity index (χ1n) is 6.28. The molecule has 0 amide bonds. The van der Waals surface area contributed by atoms with Crippen molar-refractivity contribution in [3.05, 3.63) is 30.1 Å². The predicted molar refractivity (Wildman–Crippen MR) is 74.0 cm³/mol. The van der Waals surface area contributed by atoms with Gasteiger partial charge in [0.05, 0.1) is 5.92 Å². The first kappa shape index (κ1) is 15.4. The van der Waals surface area contributed by atoms with E-state index >= 15 is 0 Å². The number of likely N-dealkylation sites (N-methyl/N-ethyl adjacent to an activating group) is 1. The van der Waals surface area contributed by atoms with Crippen molar-refractivity contribution in [2.75, 3.05) is 38.6 Å². The summed E-state index contributed by atoms with van der Waals surface area (Å²) >= 11 is 0. The largest absolute Gasteiger partial charge is 0.481 e. The molecule has 1 aromatic carbocycles. The van der Waals surface area contributed by atoms with Crippen molar-refractivity contribution in [1.82, 2.24) is 4.90 Å². The lowest BCUT2D eigenvalue weighted by atomic mass is 10.1. The van der Waals surface area contributed by atoms with Crippen molar-refractivity contribution in [2.45, 2.75) is 6.92 Å². The van der Waals surface area contributed by atoms with E-state index in [1.807, 2.05) is 23.9 Å². The van der Waals surface area contributed by atoms with E-state index in [1.54, 1.807) is 19.1 Å². The Balaban J connectivity index is 2.82. The third-order valence-corrected chi connectivity index (χ3v) is 2.91. The Kier molecular flexibility index (Phi) is 5.76. The number of halogens is 1. The summed E-state index contributed by atoms with van der Waals surface area (Å²) in [7, 11) is 3.90. The number of carbonyl (C=O) groups is 1.